The summed E-state index contributed by atoms with van der Waals surface area (Å²) >= 11 is 0. The van der Waals surface area contributed by atoms with Gasteiger partial charge < -0.3 is 5.01 Å². The van der Waals surface area contributed by atoms with E-state index < -0.39 is 0 Å². The van der Waals surface area contributed by atoms with Crippen LogP contribution in [0, 0.1) is 6.92 Å². The number of hydrogen-bond acceptors (Lipinski definition) is 2. The van der Waals surface area contributed by atoms with Gasteiger partial charge in [-0.05, 0) is 24.1 Å². The number of nitrogens with zero attached hydrogens (tertiary/aromatic N) is 2. The molecular formula is C12H16N2. The average Bonchev–Trinajstić information content (AvgIpc) is 2.15. The van der Waals surface area contributed by atoms with Crippen LogP contribution in [0.2, 0.25) is 0 Å². The maximum atomic E-state index is 4.09. The zero-order chi connectivity index (χ0) is 10.4. The van der Waals surface area contributed by atoms with Crippen LogP contribution >= 0.6 is 0 Å². The molecule has 1 rings (SSSR count). The molecule has 0 saturated heterocycles. The molecule has 2 nitrogen and oxygen atoms in total. The topological polar surface area (TPSA) is 15.6 Å². The third kappa shape index (κ3) is 3.44. The Bertz CT molecular complexity index is 338. The Morgan fingerprint density at radius 3 is 2.57 bits per heavy atom. The Balaban J connectivity index is 2.65. The van der Waals surface area contributed by atoms with Crippen molar-refractivity contribution >= 4 is 12.3 Å². The van der Waals surface area contributed by atoms with Crippen molar-refractivity contribution in [3.63, 3.8) is 0 Å². The summed E-state index contributed by atoms with van der Waals surface area (Å²) < 4.78 is 0. The monoisotopic (exact) mass is 188 g/mol. The Hall–Kier alpha value is -1.57. The molecule has 0 atom stereocenters. The van der Waals surface area contributed by atoms with Crippen LogP contribution < -0.4 is 0 Å². The van der Waals surface area contributed by atoms with Gasteiger partial charge in [0.1, 0.15) is 0 Å². The third-order valence-corrected chi connectivity index (χ3v) is 1.85. The van der Waals surface area contributed by atoms with Crippen molar-refractivity contribution in [1.82, 2.24) is 5.01 Å². The van der Waals surface area contributed by atoms with Crippen LogP contribution in [0.15, 0.2) is 35.4 Å². The predicted molar refractivity (Wildman–Crippen MR) is 62.4 cm³/mol. The molecule has 0 aliphatic carbocycles. The van der Waals surface area contributed by atoms with Gasteiger partial charge in [0.2, 0.25) is 0 Å². The van der Waals surface area contributed by atoms with Crippen LogP contribution in [-0.4, -0.2) is 25.3 Å². The van der Waals surface area contributed by atoms with E-state index in [1.165, 1.54) is 11.1 Å². The van der Waals surface area contributed by atoms with Gasteiger partial charge in [0.05, 0.1) is 0 Å². The Morgan fingerprint density at radius 2 is 1.93 bits per heavy atom. The smallest absolute Gasteiger partial charge is 0.0470 e. The van der Waals surface area contributed by atoms with Gasteiger partial charge in [-0.25, -0.2) is 0 Å². The first-order chi connectivity index (χ1) is 6.70. The van der Waals surface area contributed by atoms with Crippen molar-refractivity contribution in [1.29, 1.82) is 0 Å². The number of hydrogen-bond donors (Lipinski definition) is 0. The van der Waals surface area contributed by atoms with E-state index in [1.807, 2.05) is 32.3 Å². The normalized spacial score (nSPS) is 11.4. The van der Waals surface area contributed by atoms with Gasteiger partial charge in [-0.1, -0.05) is 30.3 Å². The van der Waals surface area contributed by atoms with Gasteiger partial charge in [-0.3, -0.25) is 0 Å². The number of rotatable bonds is 3. The van der Waals surface area contributed by atoms with Crippen molar-refractivity contribution in [2.24, 2.45) is 5.10 Å². The molecule has 0 aliphatic heterocycles. The molecule has 0 radical (unpaired) electrons. The van der Waals surface area contributed by atoms with Gasteiger partial charge in [0.25, 0.3) is 0 Å². The van der Waals surface area contributed by atoms with Gasteiger partial charge in [-0.2, -0.15) is 5.10 Å². The minimum absolute atomic E-state index is 1.23. The first-order valence-electron chi connectivity index (χ1n) is 4.64. The van der Waals surface area contributed by atoms with Gasteiger partial charge >= 0.3 is 0 Å². The summed E-state index contributed by atoms with van der Waals surface area (Å²) in [6.07, 6.45) is 5.79. The molecule has 0 aliphatic rings. The summed E-state index contributed by atoms with van der Waals surface area (Å²) in [6.45, 7) is 2.10. The maximum absolute atomic E-state index is 4.09. The SMILES string of the molecule is Cc1ccccc1C=CC=NN(C)C. The fourth-order valence-electron chi connectivity index (χ4n) is 1.09. The second-order valence-electron chi connectivity index (χ2n) is 3.33. The minimum Gasteiger partial charge on any atom is -0.303 e. The molecule has 0 bridgehead atoms. The molecule has 2 heteroatoms. The molecule has 0 fully saturated rings. The van der Waals surface area contributed by atoms with E-state index in [-0.39, 0.29) is 0 Å². The van der Waals surface area contributed by atoms with Crippen LogP contribution in [0.25, 0.3) is 6.08 Å². The molecule has 0 spiro atoms. The van der Waals surface area contributed by atoms with Crippen LogP contribution in [0.3, 0.4) is 0 Å². The predicted octanol–water partition coefficient (Wildman–Crippen LogP) is 2.56. The standard InChI is InChI=1S/C12H16N2/c1-11-7-4-5-8-12(11)9-6-10-13-14(2)3/h4-10H,1-3H3. The van der Waals surface area contributed by atoms with Crippen molar-refractivity contribution in [3.8, 4) is 0 Å². The first-order valence-corrected chi connectivity index (χ1v) is 4.64. The van der Waals surface area contributed by atoms with E-state index in [2.05, 4.69) is 30.2 Å². The number of benzene rings is 1. The lowest BCUT2D eigenvalue weighted by atomic mass is 10.1. The summed E-state index contributed by atoms with van der Waals surface area (Å²) in [6, 6.07) is 8.27. The fourth-order valence-corrected chi connectivity index (χ4v) is 1.09. The maximum Gasteiger partial charge on any atom is 0.0470 e. The van der Waals surface area contributed by atoms with Crippen LogP contribution in [0.1, 0.15) is 11.1 Å². The minimum atomic E-state index is 1.23. The molecule has 1 aromatic rings. The van der Waals surface area contributed by atoms with Crippen molar-refractivity contribution < 1.29 is 0 Å². The summed E-state index contributed by atoms with van der Waals surface area (Å²) in [4.78, 5) is 0. The molecule has 0 saturated carbocycles. The van der Waals surface area contributed by atoms with E-state index in [1.54, 1.807) is 11.2 Å². The molecule has 0 unspecified atom stereocenters. The molecule has 1 aromatic carbocycles. The zero-order valence-electron chi connectivity index (χ0n) is 8.94. The molecular weight excluding hydrogens is 172 g/mol. The largest absolute Gasteiger partial charge is 0.303 e. The van der Waals surface area contributed by atoms with E-state index in [0.29, 0.717) is 0 Å². The van der Waals surface area contributed by atoms with Crippen LogP contribution in [0.4, 0.5) is 0 Å². The molecule has 0 amide bonds. The van der Waals surface area contributed by atoms with Gasteiger partial charge in [0, 0.05) is 20.3 Å². The lowest BCUT2D eigenvalue weighted by Gasteiger charge is -2.00. The lowest BCUT2D eigenvalue weighted by molar-refractivity contribution is 0.440. The molecule has 14 heavy (non-hydrogen) atoms. The highest BCUT2D eigenvalue weighted by Gasteiger charge is 1.88. The van der Waals surface area contributed by atoms with Gasteiger partial charge in [-0.15, -0.1) is 0 Å². The summed E-state index contributed by atoms with van der Waals surface area (Å²) in [5, 5.41) is 5.86. The van der Waals surface area contributed by atoms with E-state index in [0.717, 1.165) is 0 Å². The van der Waals surface area contributed by atoms with E-state index in [9.17, 15) is 0 Å². The highest BCUT2D eigenvalue weighted by molar-refractivity contribution is 5.78. The lowest BCUT2D eigenvalue weighted by Crippen LogP contribution is -2.00. The average molecular weight is 188 g/mol. The molecule has 0 aromatic heterocycles. The molecule has 74 valence electrons. The Labute approximate surface area is 85.6 Å². The third-order valence-electron chi connectivity index (χ3n) is 1.85. The first kappa shape index (κ1) is 10.5. The fraction of sp³-hybridized carbons (Fsp3) is 0.250. The Morgan fingerprint density at radius 1 is 1.21 bits per heavy atom. The highest BCUT2D eigenvalue weighted by Crippen LogP contribution is 2.07. The summed E-state index contributed by atoms with van der Waals surface area (Å²) in [5.74, 6) is 0. The van der Waals surface area contributed by atoms with Crippen molar-refractivity contribution in [2.75, 3.05) is 14.1 Å². The summed E-state index contributed by atoms with van der Waals surface area (Å²) in [7, 11) is 3.80. The molecule has 0 heterocycles. The Kier molecular flexibility index (Phi) is 3.92. The molecule has 0 N–H and O–H groups in total. The van der Waals surface area contributed by atoms with Crippen LogP contribution in [0.5, 0.6) is 0 Å². The number of hydrazone groups is 1. The summed E-state index contributed by atoms with van der Waals surface area (Å²) in [5.41, 5.74) is 2.51. The van der Waals surface area contributed by atoms with E-state index in [4.69, 9.17) is 0 Å². The number of allylic oxidation sites excluding steroid dienone is 1. The van der Waals surface area contributed by atoms with E-state index >= 15 is 0 Å². The second kappa shape index (κ2) is 5.22. The highest BCUT2D eigenvalue weighted by atomic mass is 15.4. The zero-order valence-corrected chi connectivity index (χ0v) is 8.94. The van der Waals surface area contributed by atoms with Crippen LogP contribution in [-0.2, 0) is 0 Å². The quantitative estimate of drug-likeness (QED) is 0.526. The second-order valence-corrected chi connectivity index (χ2v) is 3.33. The van der Waals surface area contributed by atoms with Gasteiger partial charge in [0.15, 0.2) is 0 Å². The van der Waals surface area contributed by atoms with Crippen molar-refractivity contribution in [2.45, 2.75) is 6.92 Å². The van der Waals surface area contributed by atoms with Crippen molar-refractivity contribution in [3.05, 3.63) is 41.5 Å². The number of aryl methyl sites for hydroxylation is 1.